The normalized spacial score (nSPS) is 30.7. The highest BCUT2D eigenvalue weighted by molar-refractivity contribution is 6.88. The van der Waals surface area contributed by atoms with E-state index in [-0.39, 0.29) is 23.0 Å². The van der Waals surface area contributed by atoms with Crippen molar-refractivity contribution in [1.82, 2.24) is 0 Å². The van der Waals surface area contributed by atoms with Crippen LogP contribution in [0.25, 0.3) is 0 Å². The first-order valence-corrected chi connectivity index (χ1v) is 13.5. The zero-order chi connectivity index (χ0) is 15.8. The van der Waals surface area contributed by atoms with Crippen molar-refractivity contribution in [3.63, 3.8) is 0 Å². The minimum absolute atomic E-state index is 0.0826. The molecule has 0 radical (unpaired) electrons. The standard InChI is InChI=1S/C16H26O3Si2/c1-12-14(16(17)18-2)15(13-10-8-7-9-11-13)21(5,6)19-20(12,3)4/h7-12,14-15H,1-6H3/t12-,14-,15+/m1/s1. The average molecular weight is 323 g/mol. The molecule has 116 valence electrons. The van der Waals surface area contributed by atoms with Gasteiger partial charge in [0.15, 0.2) is 16.6 Å². The molecule has 0 aliphatic carbocycles. The lowest BCUT2D eigenvalue weighted by Gasteiger charge is -2.52. The van der Waals surface area contributed by atoms with Crippen LogP contribution < -0.4 is 0 Å². The number of ether oxygens (including phenoxy) is 1. The topological polar surface area (TPSA) is 35.5 Å². The second-order valence-electron chi connectivity index (χ2n) is 7.03. The van der Waals surface area contributed by atoms with Crippen LogP contribution in [-0.2, 0) is 13.6 Å². The molecule has 1 saturated heterocycles. The Balaban J connectivity index is 2.54. The van der Waals surface area contributed by atoms with E-state index in [9.17, 15) is 4.79 Å². The van der Waals surface area contributed by atoms with Gasteiger partial charge in [0, 0.05) is 5.54 Å². The summed E-state index contributed by atoms with van der Waals surface area (Å²) in [5, 5.41) is 0. The molecule has 0 saturated carbocycles. The van der Waals surface area contributed by atoms with Gasteiger partial charge in [0.05, 0.1) is 13.0 Å². The maximum atomic E-state index is 12.5. The lowest BCUT2D eigenvalue weighted by atomic mass is 9.95. The van der Waals surface area contributed by atoms with Crippen molar-refractivity contribution in [2.75, 3.05) is 7.11 Å². The molecule has 2 rings (SSSR count). The number of carbonyl (C=O) groups excluding carboxylic acids is 1. The van der Waals surface area contributed by atoms with Gasteiger partial charge in [-0.25, -0.2) is 0 Å². The lowest BCUT2D eigenvalue weighted by Crippen LogP contribution is -2.61. The van der Waals surface area contributed by atoms with Gasteiger partial charge in [-0.3, -0.25) is 4.79 Å². The molecule has 21 heavy (non-hydrogen) atoms. The van der Waals surface area contributed by atoms with E-state index in [1.165, 1.54) is 12.7 Å². The Morgan fingerprint density at radius 2 is 1.67 bits per heavy atom. The quantitative estimate of drug-likeness (QED) is 0.611. The zero-order valence-corrected chi connectivity index (χ0v) is 15.8. The second kappa shape index (κ2) is 5.70. The maximum Gasteiger partial charge on any atom is 0.309 e. The summed E-state index contributed by atoms with van der Waals surface area (Å²) in [6.07, 6.45) is 0. The molecule has 5 heteroatoms. The Labute approximate surface area is 129 Å². The summed E-state index contributed by atoms with van der Waals surface area (Å²) in [5.74, 6) is -0.171. The molecule has 0 bridgehead atoms. The average Bonchev–Trinajstić information content (AvgIpc) is 2.41. The molecule has 0 aromatic heterocycles. The van der Waals surface area contributed by atoms with E-state index in [4.69, 9.17) is 8.85 Å². The van der Waals surface area contributed by atoms with Crippen molar-refractivity contribution in [3.8, 4) is 0 Å². The summed E-state index contributed by atoms with van der Waals surface area (Å²) in [6.45, 7) is 11.1. The number of benzene rings is 1. The second-order valence-corrected chi connectivity index (χ2v) is 15.8. The number of hydrogen-bond donors (Lipinski definition) is 0. The van der Waals surface area contributed by atoms with E-state index < -0.39 is 16.6 Å². The Morgan fingerprint density at radius 3 is 2.19 bits per heavy atom. The Hall–Kier alpha value is -0.916. The molecule has 1 fully saturated rings. The van der Waals surface area contributed by atoms with Crippen LogP contribution in [0.4, 0.5) is 0 Å². The van der Waals surface area contributed by atoms with Gasteiger partial charge < -0.3 is 8.85 Å². The molecule has 3 nitrogen and oxygen atoms in total. The Kier molecular flexibility index (Phi) is 4.47. The third kappa shape index (κ3) is 3.00. The van der Waals surface area contributed by atoms with E-state index >= 15 is 0 Å². The van der Waals surface area contributed by atoms with Crippen LogP contribution >= 0.6 is 0 Å². The fourth-order valence-corrected chi connectivity index (χ4v) is 14.1. The molecule has 1 aliphatic rings. The van der Waals surface area contributed by atoms with Gasteiger partial charge in [-0.05, 0) is 37.3 Å². The third-order valence-electron chi connectivity index (χ3n) is 4.90. The highest BCUT2D eigenvalue weighted by Crippen LogP contribution is 2.50. The summed E-state index contributed by atoms with van der Waals surface area (Å²) in [4.78, 5) is 12.5. The summed E-state index contributed by atoms with van der Waals surface area (Å²) < 4.78 is 11.8. The minimum Gasteiger partial charge on any atom is -0.469 e. The molecular formula is C16H26O3Si2. The van der Waals surface area contributed by atoms with Crippen LogP contribution in [0.15, 0.2) is 30.3 Å². The number of rotatable bonds is 2. The van der Waals surface area contributed by atoms with Crippen LogP contribution in [0.1, 0.15) is 18.0 Å². The highest BCUT2D eigenvalue weighted by Gasteiger charge is 2.57. The molecule has 1 aromatic rings. The zero-order valence-electron chi connectivity index (χ0n) is 13.8. The van der Waals surface area contributed by atoms with Gasteiger partial charge in [-0.15, -0.1) is 0 Å². The highest BCUT2D eigenvalue weighted by atomic mass is 28.4. The van der Waals surface area contributed by atoms with E-state index in [1.807, 2.05) is 18.2 Å². The molecule has 0 amide bonds. The summed E-state index contributed by atoms with van der Waals surface area (Å²) in [5.41, 5.74) is 1.61. The van der Waals surface area contributed by atoms with Crippen molar-refractivity contribution in [2.45, 2.75) is 44.2 Å². The lowest BCUT2D eigenvalue weighted by molar-refractivity contribution is -0.146. The molecule has 0 N–H and O–H groups in total. The van der Waals surface area contributed by atoms with Gasteiger partial charge in [-0.1, -0.05) is 37.3 Å². The fraction of sp³-hybridized carbons (Fsp3) is 0.562. The smallest absolute Gasteiger partial charge is 0.309 e. The molecule has 1 aromatic carbocycles. The predicted molar refractivity (Wildman–Crippen MR) is 90.2 cm³/mol. The maximum absolute atomic E-state index is 12.5. The van der Waals surface area contributed by atoms with Crippen molar-refractivity contribution < 1.29 is 13.6 Å². The van der Waals surface area contributed by atoms with Gasteiger partial charge in [0.1, 0.15) is 0 Å². The van der Waals surface area contributed by atoms with E-state index in [0.717, 1.165) is 0 Å². The SMILES string of the molecule is COC(=O)[C@@H]1[C@@H](C)[Si](C)(C)O[Si](C)(C)[C@H]1c1ccccc1. The summed E-state index contributed by atoms with van der Waals surface area (Å²) in [6, 6.07) is 10.3. The number of methoxy groups -OCH3 is 1. The molecule has 1 aliphatic heterocycles. The van der Waals surface area contributed by atoms with Gasteiger partial charge in [0.25, 0.3) is 0 Å². The molecule has 1 heterocycles. The van der Waals surface area contributed by atoms with Crippen molar-refractivity contribution >= 4 is 22.6 Å². The largest absolute Gasteiger partial charge is 0.469 e. The molecule has 0 unspecified atom stereocenters. The van der Waals surface area contributed by atoms with Crippen LogP contribution in [-0.4, -0.2) is 29.7 Å². The van der Waals surface area contributed by atoms with Gasteiger partial charge in [0.2, 0.25) is 0 Å². The Bertz CT molecular complexity index is 514. The predicted octanol–water partition coefficient (Wildman–Crippen LogP) is 3.93. The van der Waals surface area contributed by atoms with E-state index in [0.29, 0.717) is 0 Å². The van der Waals surface area contributed by atoms with E-state index in [2.05, 4.69) is 45.2 Å². The first-order valence-electron chi connectivity index (χ1n) is 7.53. The Morgan fingerprint density at radius 1 is 1.10 bits per heavy atom. The van der Waals surface area contributed by atoms with Crippen molar-refractivity contribution in [3.05, 3.63) is 35.9 Å². The minimum atomic E-state index is -2.02. The van der Waals surface area contributed by atoms with E-state index in [1.54, 1.807) is 0 Å². The van der Waals surface area contributed by atoms with Crippen molar-refractivity contribution in [1.29, 1.82) is 0 Å². The van der Waals surface area contributed by atoms with Gasteiger partial charge >= 0.3 is 5.97 Å². The first-order chi connectivity index (χ1) is 9.70. The molecule has 3 atom stereocenters. The van der Waals surface area contributed by atoms with Crippen LogP contribution in [0.2, 0.25) is 31.7 Å². The van der Waals surface area contributed by atoms with Crippen LogP contribution in [0.5, 0.6) is 0 Å². The number of esters is 1. The summed E-state index contributed by atoms with van der Waals surface area (Å²) >= 11 is 0. The number of hydrogen-bond acceptors (Lipinski definition) is 3. The van der Waals surface area contributed by atoms with Crippen LogP contribution in [0.3, 0.4) is 0 Å². The van der Waals surface area contributed by atoms with Gasteiger partial charge in [-0.2, -0.15) is 0 Å². The summed E-state index contributed by atoms with van der Waals surface area (Å²) in [7, 11) is -2.41. The molecule has 0 spiro atoms. The first kappa shape index (κ1) is 16.5. The fourth-order valence-electron chi connectivity index (χ4n) is 3.73. The molecular weight excluding hydrogens is 296 g/mol. The van der Waals surface area contributed by atoms with Crippen LogP contribution in [0, 0.1) is 5.92 Å². The monoisotopic (exact) mass is 322 g/mol. The van der Waals surface area contributed by atoms with Crippen molar-refractivity contribution in [2.24, 2.45) is 5.92 Å². The number of carbonyl (C=O) groups is 1. The third-order valence-corrected chi connectivity index (χ3v) is 13.9.